The fourth-order valence-corrected chi connectivity index (χ4v) is 5.94. The van der Waals surface area contributed by atoms with Gasteiger partial charge >= 0.3 is 0 Å². The highest BCUT2D eigenvalue weighted by molar-refractivity contribution is 5.60. The zero-order valence-corrected chi connectivity index (χ0v) is 13.6. The van der Waals surface area contributed by atoms with Crippen molar-refractivity contribution in [1.82, 2.24) is 9.99 Å². The summed E-state index contributed by atoms with van der Waals surface area (Å²) in [7, 11) is 0. The minimum absolute atomic E-state index is 0.480. The summed E-state index contributed by atoms with van der Waals surface area (Å²) in [6.45, 7) is 0. The number of fused-ring (bicyclic) bond motifs is 9. The number of hydrogen-bond donors (Lipinski definition) is 0. The molecular weight excluding hydrogens is 294 g/mol. The third kappa shape index (κ3) is 1.55. The van der Waals surface area contributed by atoms with Crippen molar-refractivity contribution in [3.63, 3.8) is 0 Å². The van der Waals surface area contributed by atoms with Gasteiger partial charge < -0.3 is 0 Å². The third-order valence-corrected chi connectivity index (χ3v) is 6.72. The fraction of sp³-hybridized carbons (Fsp3) is 0.381. The van der Waals surface area contributed by atoms with Crippen LogP contribution in [-0.2, 0) is 0 Å². The van der Waals surface area contributed by atoms with E-state index in [1.54, 1.807) is 0 Å². The van der Waals surface area contributed by atoms with Crippen molar-refractivity contribution in [2.75, 3.05) is 5.01 Å². The molecule has 0 unspecified atom stereocenters. The van der Waals surface area contributed by atoms with Crippen LogP contribution >= 0.6 is 0 Å². The number of benzene rings is 1. The molecule has 1 saturated heterocycles. The van der Waals surface area contributed by atoms with Crippen molar-refractivity contribution < 1.29 is 0 Å². The molecule has 2 bridgehead atoms. The van der Waals surface area contributed by atoms with Gasteiger partial charge in [0.15, 0.2) is 0 Å². The van der Waals surface area contributed by atoms with E-state index >= 15 is 0 Å². The molecule has 4 aliphatic rings. The molecule has 1 aromatic heterocycles. The van der Waals surface area contributed by atoms with Gasteiger partial charge in [-0.25, -0.2) is 4.98 Å². The highest BCUT2D eigenvalue weighted by Gasteiger charge is 2.60. The van der Waals surface area contributed by atoms with Crippen LogP contribution in [-0.4, -0.2) is 16.0 Å². The Morgan fingerprint density at radius 1 is 0.958 bits per heavy atom. The Balaban J connectivity index is 1.54. The number of aromatic nitrogens is 1. The maximum Gasteiger partial charge on any atom is 0.147 e. The largest absolute Gasteiger partial charge is 0.283 e. The summed E-state index contributed by atoms with van der Waals surface area (Å²) >= 11 is 0. The molecule has 3 fully saturated rings. The Labute approximate surface area is 142 Å². The molecular formula is C21H21N3. The zero-order chi connectivity index (χ0) is 15.7. The van der Waals surface area contributed by atoms with Gasteiger partial charge in [-0.2, -0.15) is 0 Å². The molecule has 24 heavy (non-hydrogen) atoms. The normalized spacial score (nSPS) is 35.1. The Morgan fingerprint density at radius 2 is 1.83 bits per heavy atom. The molecule has 0 spiro atoms. The van der Waals surface area contributed by atoms with Crippen LogP contribution in [0, 0.1) is 17.8 Å². The lowest BCUT2D eigenvalue weighted by Crippen LogP contribution is -2.43. The van der Waals surface area contributed by atoms with Crippen LogP contribution in [0.3, 0.4) is 0 Å². The SMILES string of the molecule is C1=CN2[C@@H](c3ccccc31)[C@@H]1[C@H]3CC[C@H](C3)[C@@H]1N2c1ccccn1. The zero-order valence-electron chi connectivity index (χ0n) is 13.6. The molecule has 2 saturated carbocycles. The highest BCUT2D eigenvalue weighted by Crippen LogP contribution is 2.61. The first-order chi connectivity index (χ1) is 11.9. The van der Waals surface area contributed by atoms with Gasteiger partial charge in [0.25, 0.3) is 0 Å². The summed E-state index contributed by atoms with van der Waals surface area (Å²) < 4.78 is 0. The van der Waals surface area contributed by atoms with Crippen molar-refractivity contribution in [2.45, 2.75) is 31.3 Å². The van der Waals surface area contributed by atoms with E-state index in [1.165, 1.54) is 30.4 Å². The van der Waals surface area contributed by atoms with E-state index in [1.807, 2.05) is 12.3 Å². The lowest BCUT2D eigenvalue weighted by Gasteiger charge is -2.38. The molecule has 3 heterocycles. The van der Waals surface area contributed by atoms with E-state index in [4.69, 9.17) is 4.98 Å². The molecule has 0 amide bonds. The molecule has 6 rings (SSSR count). The molecule has 0 N–H and O–H groups in total. The molecule has 3 nitrogen and oxygen atoms in total. The first-order valence-electron chi connectivity index (χ1n) is 9.17. The third-order valence-electron chi connectivity index (χ3n) is 6.72. The number of rotatable bonds is 1. The predicted molar refractivity (Wildman–Crippen MR) is 94.9 cm³/mol. The van der Waals surface area contributed by atoms with E-state index in [0.29, 0.717) is 12.1 Å². The lowest BCUT2D eigenvalue weighted by atomic mass is 9.77. The van der Waals surface area contributed by atoms with Crippen molar-refractivity contribution in [1.29, 1.82) is 0 Å². The Kier molecular flexibility index (Phi) is 2.51. The van der Waals surface area contributed by atoms with E-state index in [0.717, 1.165) is 23.6 Å². The van der Waals surface area contributed by atoms with Gasteiger partial charge in [-0.3, -0.25) is 10.0 Å². The van der Waals surface area contributed by atoms with Crippen molar-refractivity contribution in [2.24, 2.45) is 17.8 Å². The number of nitrogens with zero attached hydrogens (tertiary/aromatic N) is 3. The summed E-state index contributed by atoms with van der Waals surface area (Å²) in [5.74, 6) is 3.54. The minimum atomic E-state index is 0.480. The van der Waals surface area contributed by atoms with Crippen LogP contribution in [0.1, 0.15) is 36.4 Å². The Hall–Kier alpha value is -2.29. The maximum absolute atomic E-state index is 4.70. The van der Waals surface area contributed by atoms with Gasteiger partial charge in [0.1, 0.15) is 5.82 Å². The summed E-state index contributed by atoms with van der Waals surface area (Å²) in [4.78, 5) is 4.70. The molecule has 1 aromatic carbocycles. The molecule has 5 atom stereocenters. The maximum atomic E-state index is 4.70. The highest BCUT2D eigenvalue weighted by atomic mass is 15.7. The summed E-state index contributed by atoms with van der Waals surface area (Å²) in [6, 6.07) is 16.3. The van der Waals surface area contributed by atoms with E-state index in [2.05, 4.69) is 58.7 Å². The first kappa shape index (κ1) is 13.1. The Morgan fingerprint density at radius 3 is 2.75 bits per heavy atom. The number of pyridine rings is 1. The van der Waals surface area contributed by atoms with Crippen LogP contribution in [0.2, 0.25) is 0 Å². The average Bonchev–Trinajstić information content (AvgIpc) is 3.33. The average molecular weight is 315 g/mol. The number of hydrogen-bond acceptors (Lipinski definition) is 3. The van der Waals surface area contributed by atoms with Gasteiger partial charge in [-0.15, -0.1) is 0 Å². The molecule has 120 valence electrons. The molecule has 0 radical (unpaired) electrons. The van der Waals surface area contributed by atoms with Crippen molar-refractivity contribution >= 4 is 11.9 Å². The van der Waals surface area contributed by atoms with Crippen molar-refractivity contribution in [3.8, 4) is 0 Å². The van der Waals surface area contributed by atoms with Crippen LogP contribution < -0.4 is 5.01 Å². The second-order valence-electron chi connectivity index (χ2n) is 7.70. The van der Waals surface area contributed by atoms with E-state index < -0.39 is 0 Å². The van der Waals surface area contributed by atoms with E-state index in [-0.39, 0.29) is 0 Å². The monoisotopic (exact) mass is 315 g/mol. The number of anilines is 1. The lowest BCUT2D eigenvalue weighted by molar-refractivity contribution is 0.241. The smallest absolute Gasteiger partial charge is 0.147 e. The van der Waals surface area contributed by atoms with Crippen LogP contribution in [0.25, 0.3) is 6.08 Å². The van der Waals surface area contributed by atoms with Gasteiger partial charge in [-0.05, 0) is 60.4 Å². The second kappa shape index (κ2) is 4.62. The topological polar surface area (TPSA) is 19.4 Å². The molecule has 2 aliphatic carbocycles. The van der Waals surface area contributed by atoms with Gasteiger partial charge in [0.2, 0.25) is 0 Å². The standard InChI is InChI=1S/C21H21N3/c1-2-6-17-14(5-1)10-12-23-21(17)19-15-8-9-16(13-15)20(19)24(23)18-7-3-4-11-22-18/h1-7,10-12,15-16,19-21H,8-9,13H2/t15-,16+,19+,20-,21-/m0/s1. The van der Waals surface area contributed by atoms with Crippen molar-refractivity contribution in [3.05, 3.63) is 66.0 Å². The Bertz CT molecular complexity index is 805. The predicted octanol–water partition coefficient (Wildman–Crippen LogP) is 4.26. The molecule has 3 heteroatoms. The van der Waals surface area contributed by atoms with Gasteiger partial charge in [-0.1, -0.05) is 30.3 Å². The van der Waals surface area contributed by atoms with Gasteiger partial charge in [0.05, 0.1) is 12.1 Å². The van der Waals surface area contributed by atoms with Crippen LogP contribution in [0.5, 0.6) is 0 Å². The first-order valence-corrected chi connectivity index (χ1v) is 9.17. The van der Waals surface area contributed by atoms with Crippen LogP contribution in [0.15, 0.2) is 54.9 Å². The summed E-state index contributed by atoms with van der Waals surface area (Å²) in [5, 5.41) is 5.01. The minimum Gasteiger partial charge on any atom is -0.283 e. The van der Waals surface area contributed by atoms with E-state index in [9.17, 15) is 0 Å². The fourth-order valence-electron chi connectivity index (χ4n) is 5.94. The molecule has 2 aromatic rings. The summed E-state index contributed by atoms with van der Waals surface area (Å²) in [5.41, 5.74) is 2.89. The molecule has 2 aliphatic heterocycles. The summed E-state index contributed by atoms with van der Waals surface area (Å²) in [6.07, 6.45) is 10.7. The number of hydrazine groups is 1. The quantitative estimate of drug-likeness (QED) is 0.784. The second-order valence-corrected chi connectivity index (χ2v) is 7.70. The van der Waals surface area contributed by atoms with Gasteiger partial charge in [0, 0.05) is 18.3 Å². The van der Waals surface area contributed by atoms with Crippen LogP contribution in [0.4, 0.5) is 5.82 Å².